The maximum absolute atomic E-state index is 12.2. The molecule has 1 heterocycles. The van der Waals surface area contributed by atoms with Crippen molar-refractivity contribution in [1.29, 1.82) is 0 Å². The minimum absolute atomic E-state index is 0.289. The van der Waals surface area contributed by atoms with Crippen molar-refractivity contribution >= 4 is 11.7 Å². The quantitative estimate of drug-likeness (QED) is 0.882. The second-order valence-corrected chi connectivity index (χ2v) is 3.95. The number of hydrogen-bond donors (Lipinski definition) is 2. The number of hydrogen-bond acceptors (Lipinski definition) is 4. The number of nitrogens with one attached hydrogen (secondary N) is 2. The van der Waals surface area contributed by atoms with E-state index in [-0.39, 0.29) is 5.91 Å². The second kappa shape index (κ2) is 5.43. The highest BCUT2D eigenvalue weighted by atomic mass is 16.5. The van der Waals surface area contributed by atoms with Gasteiger partial charge in [0.15, 0.2) is 0 Å². The zero-order valence-electron chi connectivity index (χ0n) is 11.0. The van der Waals surface area contributed by atoms with Crippen LogP contribution >= 0.6 is 0 Å². The molecule has 0 atom stereocenters. The fourth-order valence-corrected chi connectivity index (χ4v) is 1.65. The number of aromatic amines is 1. The first kappa shape index (κ1) is 12.9. The maximum atomic E-state index is 12.2. The molecule has 0 fully saturated rings. The Bertz CT molecular complexity index is 593. The minimum atomic E-state index is -0.289. The van der Waals surface area contributed by atoms with Crippen LogP contribution in [0.1, 0.15) is 15.9 Å². The molecule has 0 unspecified atom stereocenters. The maximum Gasteiger partial charge on any atom is 0.260 e. The Balaban J connectivity index is 2.29. The van der Waals surface area contributed by atoms with Crippen molar-refractivity contribution in [2.45, 2.75) is 6.92 Å². The van der Waals surface area contributed by atoms with Crippen molar-refractivity contribution in [3.8, 4) is 11.5 Å². The smallest absolute Gasteiger partial charge is 0.260 e. The van der Waals surface area contributed by atoms with E-state index in [2.05, 4.69) is 15.5 Å². The monoisotopic (exact) mass is 261 g/mol. The van der Waals surface area contributed by atoms with Gasteiger partial charge in [0.1, 0.15) is 17.3 Å². The average Bonchev–Trinajstić information content (AvgIpc) is 2.83. The minimum Gasteiger partial charge on any atom is -0.497 e. The van der Waals surface area contributed by atoms with E-state index in [4.69, 9.17) is 9.47 Å². The van der Waals surface area contributed by atoms with Crippen LogP contribution in [-0.4, -0.2) is 30.3 Å². The second-order valence-electron chi connectivity index (χ2n) is 3.95. The summed E-state index contributed by atoms with van der Waals surface area (Å²) in [5.74, 6) is 1.35. The Kier molecular flexibility index (Phi) is 3.70. The number of anilines is 1. The summed E-state index contributed by atoms with van der Waals surface area (Å²) in [6, 6.07) is 5.05. The zero-order valence-corrected chi connectivity index (χ0v) is 11.0. The number of H-pyrrole nitrogens is 1. The van der Waals surface area contributed by atoms with E-state index >= 15 is 0 Å². The van der Waals surface area contributed by atoms with Gasteiger partial charge in [-0.3, -0.25) is 9.89 Å². The summed E-state index contributed by atoms with van der Waals surface area (Å²) in [4.78, 5) is 12.2. The SMILES string of the molecule is COc1ccc(OC)c(C(=O)Nc2[nH]ncc2C)c1. The molecule has 0 bridgehead atoms. The van der Waals surface area contributed by atoms with Gasteiger partial charge in [-0.05, 0) is 25.1 Å². The predicted octanol–water partition coefficient (Wildman–Crippen LogP) is 1.99. The van der Waals surface area contributed by atoms with Crippen LogP contribution in [0.5, 0.6) is 11.5 Å². The van der Waals surface area contributed by atoms with Crippen molar-refractivity contribution < 1.29 is 14.3 Å². The summed E-state index contributed by atoms with van der Waals surface area (Å²) in [5, 5.41) is 9.31. The van der Waals surface area contributed by atoms with Crippen molar-refractivity contribution in [3.05, 3.63) is 35.5 Å². The van der Waals surface area contributed by atoms with E-state index in [1.165, 1.54) is 7.11 Å². The molecule has 6 heteroatoms. The highest BCUT2D eigenvalue weighted by molar-refractivity contribution is 6.06. The Hall–Kier alpha value is -2.50. The summed E-state index contributed by atoms with van der Waals surface area (Å²) < 4.78 is 10.3. The number of nitrogens with zero attached hydrogens (tertiary/aromatic N) is 1. The number of carbonyl (C=O) groups is 1. The fraction of sp³-hybridized carbons (Fsp3) is 0.231. The summed E-state index contributed by atoms with van der Waals surface area (Å²) in [6.45, 7) is 1.85. The molecular formula is C13H15N3O3. The van der Waals surface area contributed by atoms with Crippen LogP contribution in [-0.2, 0) is 0 Å². The van der Waals surface area contributed by atoms with Gasteiger partial charge in [0, 0.05) is 5.56 Å². The van der Waals surface area contributed by atoms with Crippen molar-refractivity contribution in [1.82, 2.24) is 10.2 Å². The Morgan fingerprint density at radius 2 is 2.11 bits per heavy atom. The normalized spacial score (nSPS) is 10.1. The van der Waals surface area contributed by atoms with Crippen LogP contribution < -0.4 is 14.8 Å². The third kappa shape index (κ3) is 2.67. The van der Waals surface area contributed by atoms with Gasteiger partial charge in [-0.2, -0.15) is 5.10 Å². The first-order valence-corrected chi connectivity index (χ1v) is 5.69. The molecule has 0 radical (unpaired) electrons. The van der Waals surface area contributed by atoms with Crippen LogP contribution in [0.4, 0.5) is 5.82 Å². The summed E-state index contributed by atoms with van der Waals surface area (Å²) >= 11 is 0. The number of rotatable bonds is 4. The van der Waals surface area contributed by atoms with Gasteiger partial charge in [0.2, 0.25) is 0 Å². The number of aryl methyl sites for hydroxylation is 1. The Morgan fingerprint density at radius 3 is 2.68 bits per heavy atom. The fourth-order valence-electron chi connectivity index (χ4n) is 1.65. The van der Waals surface area contributed by atoms with E-state index in [0.29, 0.717) is 22.9 Å². The molecule has 0 saturated heterocycles. The molecule has 2 aromatic rings. The molecule has 0 aliphatic carbocycles. The Morgan fingerprint density at radius 1 is 1.32 bits per heavy atom. The molecule has 2 rings (SSSR count). The molecule has 0 aliphatic rings. The van der Waals surface area contributed by atoms with Gasteiger partial charge in [0.05, 0.1) is 26.0 Å². The van der Waals surface area contributed by atoms with Gasteiger partial charge in [-0.1, -0.05) is 0 Å². The summed E-state index contributed by atoms with van der Waals surface area (Å²) in [5.41, 5.74) is 1.26. The van der Waals surface area contributed by atoms with Crippen molar-refractivity contribution in [2.75, 3.05) is 19.5 Å². The van der Waals surface area contributed by atoms with E-state index < -0.39 is 0 Å². The molecule has 1 amide bonds. The molecule has 1 aromatic heterocycles. The molecule has 19 heavy (non-hydrogen) atoms. The number of benzene rings is 1. The van der Waals surface area contributed by atoms with Gasteiger partial charge in [-0.15, -0.1) is 0 Å². The largest absolute Gasteiger partial charge is 0.497 e. The van der Waals surface area contributed by atoms with Crippen LogP contribution in [0, 0.1) is 6.92 Å². The lowest BCUT2D eigenvalue weighted by atomic mass is 10.1. The number of ether oxygens (including phenoxy) is 2. The lowest BCUT2D eigenvalue weighted by Gasteiger charge is -2.10. The van der Waals surface area contributed by atoms with Crippen LogP contribution in [0.15, 0.2) is 24.4 Å². The molecule has 6 nitrogen and oxygen atoms in total. The lowest BCUT2D eigenvalue weighted by Crippen LogP contribution is -2.14. The molecule has 0 saturated carbocycles. The number of aromatic nitrogens is 2. The van der Waals surface area contributed by atoms with E-state index in [1.807, 2.05) is 6.92 Å². The molecule has 0 aliphatic heterocycles. The highest BCUT2D eigenvalue weighted by Gasteiger charge is 2.15. The van der Waals surface area contributed by atoms with E-state index in [9.17, 15) is 4.79 Å². The van der Waals surface area contributed by atoms with Crippen molar-refractivity contribution in [2.24, 2.45) is 0 Å². The first-order chi connectivity index (χ1) is 9.15. The molecule has 1 aromatic carbocycles. The van der Waals surface area contributed by atoms with Crippen molar-refractivity contribution in [3.63, 3.8) is 0 Å². The Labute approximate surface area is 110 Å². The average molecular weight is 261 g/mol. The third-order valence-electron chi connectivity index (χ3n) is 2.72. The van der Waals surface area contributed by atoms with Gasteiger partial charge >= 0.3 is 0 Å². The number of methoxy groups -OCH3 is 2. The number of carbonyl (C=O) groups excluding carboxylic acids is 1. The zero-order chi connectivity index (χ0) is 13.8. The highest BCUT2D eigenvalue weighted by Crippen LogP contribution is 2.25. The van der Waals surface area contributed by atoms with Gasteiger partial charge in [-0.25, -0.2) is 0 Å². The predicted molar refractivity (Wildman–Crippen MR) is 70.8 cm³/mol. The first-order valence-electron chi connectivity index (χ1n) is 5.69. The van der Waals surface area contributed by atoms with Gasteiger partial charge in [0.25, 0.3) is 5.91 Å². The van der Waals surface area contributed by atoms with Crippen LogP contribution in [0.25, 0.3) is 0 Å². The number of amides is 1. The standard InChI is InChI=1S/C13H15N3O3/c1-8-7-14-16-12(8)15-13(17)10-6-9(18-2)4-5-11(10)19-3/h4-7H,1-3H3,(H2,14,15,16,17). The molecule has 100 valence electrons. The third-order valence-corrected chi connectivity index (χ3v) is 2.72. The lowest BCUT2D eigenvalue weighted by molar-refractivity contribution is 0.102. The van der Waals surface area contributed by atoms with E-state index in [0.717, 1.165) is 5.56 Å². The topological polar surface area (TPSA) is 76.2 Å². The van der Waals surface area contributed by atoms with Crippen LogP contribution in [0.2, 0.25) is 0 Å². The van der Waals surface area contributed by atoms with Crippen LogP contribution in [0.3, 0.4) is 0 Å². The van der Waals surface area contributed by atoms with E-state index in [1.54, 1.807) is 31.5 Å². The molecule has 2 N–H and O–H groups in total. The van der Waals surface area contributed by atoms with Gasteiger partial charge < -0.3 is 14.8 Å². The molecular weight excluding hydrogens is 246 g/mol. The summed E-state index contributed by atoms with van der Waals surface area (Å²) in [7, 11) is 3.06. The summed E-state index contributed by atoms with van der Waals surface area (Å²) in [6.07, 6.45) is 1.64. The molecule has 0 spiro atoms.